The quantitative estimate of drug-likeness (QED) is 0.852. The highest BCUT2D eigenvalue weighted by Crippen LogP contribution is 2.35. The molecule has 2 heterocycles. The van der Waals surface area contributed by atoms with E-state index in [4.69, 9.17) is 0 Å². The maximum atomic E-state index is 12.9. The molecular formula is C16H23N3O. The summed E-state index contributed by atoms with van der Waals surface area (Å²) in [5, 5.41) is 3.48. The fourth-order valence-corrected chi connectivity index (χ4v) is 3.62. The highest BCUT2D eigenvalue weighted by molar-refractivity contribution is 5.93. The second-order valence-electron chi connectivity index (χ2n) is 6.08. The van der Waals surface area contributed by atoms with E-state index in [1.54, 1.807) is 0 Å². The summed E-state index contributed by atoms with van der Waals surface area (Å²) in [6, 6.07) is 5.70. The number of carbonyl (C=O) groups excluding carboxylic acids is 1. The van der Waals surface area contributed by atoms with E-state index < -0.39 is 0 Å². The fraction of sp³-hybridized carbons (Fsp3) is 0.625. The fourth-order valence-electron chi connectivity index (χ4n) is 3.62. The van der Waals surface area contributed by atoms with Gasteiger partial charge in [0, 0.05) is 25.3 Å². The SMILES string of the molecule is Cc1cccc(C(=O)N2CCNCC23CCCCC3)n1. The third kappa shape index (κ3) is 2.44. The van der Waals surface area contributed by atoms with Crippen molar-refractivity contribution in [2.45, 2.75) is 44.6 Å². The molecule has 4 nitrogen and oxygen atoms in total. The van der Waals surface area contributed by atoms with Gasteiger partial charge in [0.2, 0.25) is 0 Å². The van der Waals surface area contributed by atoms with Gasteiger partial charge in [-0.3, -0.25) is 4.79 Å². The van der Waals surface area contributed by atoms with Crippen LogP contribution >= 0.6 is 0 Å². The number of nitrogens with one attached hydrogen (secondary N) is 1. The minimum Gasteiger partial charge on any atom is -0.329 e. The molecule has 0 atom stereocenters. The lowest BCUT2D eigenvalue weighted by Crippen LogP contribution is -2.63. The number of amides is 1. The number of hydrogen-bond donors (Lipinski definition) is 1. The van der Waals surface area contributed by atoms with Gasteiger partial charge in [0.25, 0.3) is 5.91 Å². The molecule has 1 aliphatic heterocycles. The summed E-state index contributed by atoms with van der Waals surface area (Å²) in [5.41, 5.74) is 1.53. The number of hydrogen-bond acceptors (Lipinski definition) is 3. The molecule has 1 N–H and O–H groups in total. The van der Waals surface area contributed by atoms with Crippen molar-refractivity contribution in [1.82, 2.24) is 15.2 Å². The molecule has 1 aromatic heterocycles. The zero-order chi connectivity index (χ0) is 14.0. The Kier molecular flexibility index (Phi) is 3.74. The molecule has 0 bridgehead atoms. The van der Waals surface area contributed by atoms with Crippen LogP contribution in [0.15, 0.2) is 18.2 Å². The maximum Gasteiger partial charge on any atom is 0.273 e. The predicted molar refractivity (Wildman–Crippen MR) is 78.7 cm³/mol. The molecule has 108 valence electrons. The minimum absolute atomic E-state index is 0.0268. The average Bonchev–Trinajstić information content (AvgIpc) is 2.48. The van der Waals surface area contributed by atoms with E-state index in [9.17, 15) is 4.79 Å². The van der Waals surface area contributed by atoms with Crippen molar-refractivity contribution in [2.24, 2.45) is 0 Å². The van der Waals surface area contributed by atoms with Crippen LogP contribution in [0.4, 0.5) is 0 Å². The number of piperazine rings is 1. The Morgan fingerprint density at radius 2 is 2.10 bits per heavy atom. The summed E-state index contributed by atoms with van der Waals surface area (Å²) < 4.78 is 0. The summed E-state index contributed by atoms with van der Waals surface area (Å²) >= 11 is 0. The molecule has 0 aromatic carbocycles. The summed E-state index contributed by atoms with van der Waals surface area (Å²) in [6.07, 6.45) is 6.00. The van der Waals surface area contributed by atoms with E-state index in [0.717, 1.165) is 38.2 Å². The Morgan fingerprint density at radius 1 is 1.30 bits per heavy atom. The number of rotatable bonds is 1. The smallest absolute Gasteiger partial charge is 0.273 e. The molecule has 3 rings (SSSR count). The first kappa shape index (κ1) is 13.6. The van der Waals surface area contributed by atoms with Crippen molar-refractivity contribution >= 4 is 5.91 Å². The lowest BCUT2D eigenvalue weighted by molar-refractivity contribution is 0.0217. The van der Waals surface area contributed by atoms with Gasteiger partial charge < -0.3 is 10.2 Å². The van der Waals surface area contributed by atoms with Crippen LogP contribution < -0.4 is 5.32 Å². The number of aromatic nitrogens is 1. The van der Waals surface area contributed by atoms with Crippen molar-refractivity contribution in [2.75, 3.05) is 19.6 Å². The molecule has 1 aromatic rings. The molecule has 1 spiro atoms. The van der Waals surface area contributed by atoms with Gasteiger partial charge in [-0.25, -0.2) is 4.98 Å². The van der Waals surface area contributed by atoms with Gasteiger partial charge >= 0.3 is 0 Å². The largest absolute Gasteiger partial charge is 0.329 e. The number of carbonyl (C=O) groups is 1. The topological polar surface area (TPSA) is 45.2 Å². The molecule has 1 amide bonds. The van der Waals surface area contributed by atoms with Crippen LogP contribution in [-0.2, 0) is 0 Å². The van der Waals surface area contributed by atoms with Gasteiger partial charge in [-0.1, -0.05) is 25.3 Å². The van der Waals surface area contributed by atoms with E-state index in [2.05, 4.69) is 15.2 Å². The van der Waals surface area contributed by atoms with Crippen molar-refractivity contribution in [1.29, 1.82) is 0 Å². The van der Waals surface area contributed by atoms with E-state index in [-0.39, 0.29) is 11.4 Å². The summed E-state index contributed by atoms with van der Waals surface area (Å²) in [6.45, 7) is 4.56. The van der Waals surface area contributed by atoms with Gasteiger partial charge in [-0.05, 0) is 31.9 Å². The molecule has 2 fully saturated rings. The predicted octanol–water partition coefficient (Wildman–Crippen LogP) is 2.14. The molecule has 0 unspecified atom stereocenters. The standard InChI is InChI=1S/C16H23N3O/c1-13-6-5-7-14(18-13)15(20)19-11-10-17-12-16(19)8-3-2-4-9-16/h5-7,17H,2-4,8-12H2,1H3. The third-order valence-electron chi connectivity index (χ3n) is 4.68. The molecular weight excluding hydrogens is 250 g/mol. The molecule has 0 radical (unpaired) electrons. The van der Waals surface area contributed by atoms with E-state index in [1.807, 2.05) is 25.1 Å². The van der Waals surface area contributed by atoms with Crippen LogP contribution in [0.2, 0.25) is 0 Å². The Balaban J connectivity index is 1.87. The molecule has 1 saturated carbocycles. The summed E-state index contributed by atoms with van der Waals surface area (Å²) in [5.74, 6) is 0.108. The summed E-state index contributed by atoms with van der Waals surface area (Å²) in [7, 11) is 0. The zero-order valence-electron chi connectivity index (χ0n) is 12.2. The van der Waals surface area contributed by atoms with Gasteiger partial charge in [-0.15, -0.1) is 0 Å². The third-order valence-corrected chi connectivity index (χ3v) is 4.68. The average molecular weight is 273 g/mol. The van der Waals surface area contributed by atoms with Gasteiger partial charge in [0.1, 0.15) is 5.69 Å². The van der Waals surface area contributed by atoms with Crippen LogP contribution in [0.1, 0.15) is 48.3 Å². The normalized spacial score (nSPS) is 21.9. The van der Waals surface area contributed by atoms with E-state index in [0.29, 0.717) is 5.69 Å². The van der Waals surface area contributed by atoms with Crippen LogP contribution in [0.25, 0.3) is 0 Å². The summed E-state index contributed by atoms with van der Waals surface area (Å²) in [4.78, 5) is 19.4. The second kappa shape index (κ2) is 5.52. The molecule has 1 aliphatic carbocycles. The Bertz CT molecular complexity index is 486. The highest BCUT2D eigenvalue weighted by Gasteiger charge is 2.42. The van der Waals surface area contributed by atoms with Gasteiger partial charge in [-0.2, -0.15) is 0 Å². The maximum absolute atomic E-state index is 12.9. The van der Waals surface area contributed by atoms with Crippen molar-refractivity contribution in [3.8, 4) is 0 Å². The van der Waals surface area contributed by atoms with E-state index in [1.165, 1.54) is 19.3 Å². The van der Waals surface area contributed by atoms with Gasteiger partial charge in [0.15, 0.2) is 0 Å². The lowest BCUT2D eigenvalue weighted by Gasteiger charge is -2.49. The van der Waals surface area contributed by atoms with Crippen LogP contribution in [-0.4, -0.2) is 41.0 Å². The molecule has 4 heteroatoms. The Labute approximate surface area is 120 Å². The van der Waals surface area contributed by atoms with Crippen LogP contribution in [0, 0.1) is 6.92 Å². The Morgan fingerprint density at radius 3 is 2.85 bits per heavy atom. The monoisotopic (exact) mass is 273 g/mol. The number of pyridine rings is 1. The minimum atomic E-state index is 0.0268. The van der Waals surface area contributed by atoms with Crippen LogP contribution in [0.3, 0.4) is 0 Å². The number of nitrogens with zero attached hydrogens (tertiary/aromatic N) is 2. The first-order chi connectivity index (χ1) is 9.71. The van der Waals surface area contributed by atoms with Crippen molar-refractivity contribution in [3.05, 3.63) is 29.6 Å². The second-order valence-corrected chi connectivity index (χ2v) is 6.08. The zero-order valence-corrected chi connectivity index (χ0v) is 12.2. The first-order valence-electron chi connectivity index (χ1n) is 7.68. The van der Waals surface area contributed by atoms with Crippen molar-refractivity contribution in [3.63, 3.8) is 0 Å². The van der Waals surface area contributed by atoms with E-state index >= 15 is 0 Å². The molecule has 20 heavy (non-hydrogen) atoms. The first-order valence-corrected chi connectivity index (χ1v) is 7.68. The number of aryl methyl sites for hydroxylation is 1. The van der Waals surface area contributed by atoms with Crippen molar-refractivity contribution < 1.29 is 4.79 Å². The highest BCUT2D eigenvalue weighted by atomic mass is 16.2. The Hall–Kier alpha value is -1.42. The molecule has 1 saturated heterocycles. The molecule has 2 aliphatic rings. The van der Waals surface area contributed by atoms with Crippen LogP contribution in [0.5, 0.6) is 0 Å². The van der Waals surface area contributed by atoms with Gasteiger partial charge in [0.05, 0.1) is 5.54 Å². The lowest BCUT2D eigenvalue weighted by atomic mass is 9.79.